The summed E-state index contributed by atoms with van der Waals surface area (Å²) in [7, 11) is 0. The van der Waals surface area contributed by atoms with Gasteiger partial charge in [0.2, 0.25) is 0 Å². The SMILES string of the molecule is CCOC(=O)C(=O)C(Cl)c1ccnc(N)c1. The second-order valence-corrected chi connectivity index (χ2v) is 3.40. The van der Waals surface area contributed by atoms with E-state index in [4.69, 9.17) is 17.3 Å². The molecule has 1 heterocycles. The van der Waals surface area contributed by atoms with Crippen molar-refractivity contribution in [2.45, 2.75) is 12.3 Å². The third kappa shape index (κ3) is 2.93. The Kier molecular flexibility index (Phi) is 4.25. The maximum Gasteiger partial charge on any atom is 0.376 e. The van der Waals surface area contributed by atoms with Crippen LogP contribution in [-0.4, -0.2) is 23.3 Å². The van der Waals surface area contributed by atoms with Gasteiger partial charge in [0, 0.05) is 6.20 Å². The van der Waals surface area contributed by atoms with Crippen molar-refractivity contribution in [1.29, 1.82) is 0 Å². The third-order valence-corrected chi connectivity index (χ3v) is 2.25. The molecule has 0 fully saturated rings. The number of halogens is 1. The highest BCUT2D eigenvalue weighted by molar-refractivity contribution is 6.47. The Morgan fingerprint density at radius 1 is 1.62 bits per heavy atom. The number of hydrogen-bond acceptors (Lipinski definition) is 5. The Balaban J connectivity index is 2.82. The van der Waals surface area contributed by atoms with Crippen LogP contribution in [0, 0.1) is 0 Å². The molecule has 86 valence electrons. The second kappa shape index (κ2) is 5.46. The highest BCUT2D eigenvalue weighted by atomic mass is 35.5. The number of aromatic nitrogens is 1. The Labute approximate surface area is 97.6 Å². The van der Waals surface area contributed by atoms with E-state index in [1.165, 1.54) is 18.3 Å². The average molecular weight is 243 g/mol. The maximum atomic E-state index is 11.5. The molecule has 0 saturated heterocycles. The van der Waals surface area contributed by atoms with E-state index in [1.54, 1.807) is 6.92 Å². The number of nitrogens with two attached hydrogens (primary N) is 1. The van der Waals surface area contributed by atoms with Crippen molar-refractivity contribution in [3.8, 4) is 0 Å². The first-order valence-corrected chi connectivity index (χ1v) is 5.06. The molecule has 2 N–H and O–H groups in total. The number of nitrogen functional groups attached to an aromatic ring is 1. The summed E-state index contributed by atoms with van der Waals surface area (Å²) in [5, 5.41) is -1.09. The summed E-state index contributed by atoms with van der Waals surface area (Å²) in [5.41, 5.74) is 5.86. The van der Waals surface area contributed by atoms with Crippen LogP contribution in [0.1, 0.15) is 17.9 Å². The summed E-state index contributed by atoms with van der Waals surface area (Å²) in [6.45, 7) is 1.74. The van der Waals surface area contributed by atoms with E-state index >= 15 is 0 Å². The van der Waals surface area contributed by atoms with Gasteiger partial charge in [0.15, 0.2) is 0 Å². The minimum atomic E-state index is -1.09. The van der Waals surface area contributed by atoms with Gasteiger partial charge in [-0.25, -0.2) is 9.78 Å². The van der Waals surface area contributed by atoms with Gasteiger partial charge in [-0.1, -0.05) is 0 Å². The number of hydrogen-bond donors (Lipinski definition) is 1. The molecule has 5 nitrogen and oxygen atoms in total. The number of pyridine rings is 1. The van der Waals surface area contributed by atoms with Crippen molar-refractivity contribution in [2.24, 2.45) is 0 Å². The van der Waals surface area contributed by atoms with Crippen molar-refractivity contribution in [1.82, 2.24) is 4.98 Å². The summed E-state index contributed by atoms with van der Waals surface area (Å²) in [4.78, 5) is 26.4. The number of carbonyl (C=O) groups excluding carboxylic acids is 2. The van der Waals surface area contributed by atoms with Crippen LogP contribution in [0.4, 0.5) is 5.82 Å². The quantitative estimate of drug-likeness (QED) is 0.485. The Bertz CT molecular complexity index is 409. The molecule has 1 rings (SSSR count). The van der Waals surface area contributed by atoms with Crippen LogP contribution in [-0.2, 0) is 14.3 Å². The van der Waals surface area contributed by atoms with Gasteiger partial charge < -0.3 is 10.5 Å². The normalized spacial score (nSPS) is 11.9. The van der Waals surface area contributed by atoms with Gasteiger partial charge in [0.25, 0.3) is 5.78 Å². The zero-order valence-electron chi connectivity index (χ0n) is 8.64. The lowest BCUT2D eigenvalue weighted by Crippen LogP contribution is -2.21. The van der Waals surface area contributed by atoms with Crippen molar-refractivity contribution < 1.29 is 14.3 Å². The lowest BCUT2D eigenvalue weighted by molar-refractivity contribution is -0.153. The number of Topliss-reactive ketones (excluding diaryl/α,β-unsaturated/α-hetero) is 1. The molecule has 0 aliphatic carbocycles. The zero-order valence-corrected chi connectivity index (χ0v) is 9.40. The Morgan fingerprint density at radius 3 is 2.88 bits per heavy atom. The highest BCUT2D eigenvalue weighted by Gasteiger charge is 2.26. The van der Waals surface area contributed by atoms with Gasteiger partial charge in [-0.05, 0) is 24.6 Å². The van der Waals surface area contributed by atoms with E-state index in [0.29, 0.717) is 5.56 Å². The smallest absolute Gasteiger partial charge is 0.376 e. The van der Waals surface area contributed by atoms with Gasteiger partial charge in [-0.3, -0.25) is 4.79 Å². The van der Waals surface area contributed by atoms with Crippen LogP contribution in [0.25, 0.3) is 0 Å². The molecule has 0 spiro atoms. The standard InChI is InChI=1S/C10H11ClN2O3/c1-2-16-10(15)9(14)8(11)6-3-4-13-7(12)5-6/h3-5,8H,2H2,1H3,(H2,12,13). The molecule has 0 aliphatic rings. The van der Waals surface area contributed by atoms with E-state index in [1.807, 2.05) is 0 Å². The summed E-state index contributed by atoms with van der Waals surface area (Å²) in [5.74, 6) is -1.52. The maximum absolute atomic E-state index is 11.5. The van der Waals surface area contributed by atoms with Crippen LogP contribution < -0.4 is 5.73 Å². The second-order valence-electron chi connectivity index (χ2n) is 2.96. The van der Waals surface area contributed by atoms with Gasteiger partial charge in [-0.15, -0.1) is 11.6 Å². The molecule has 0 amide bonds. The van der Waals surface area contributed by atoms with Crippen LogP contribution >= 0.6 is 11.6 Å². The summed E-state index contributed by atoms with van der Waals surface area (Å²) in [6.07, 6.45) is 1.42. The van der Waals surface area contributed by atoms with E-state index in [2.05, 4.69) is 9.72 Å². The van der Waals surface area contributed by atoms with Gasteiger partial charge in [0.05, 0.1) is 6.61 Å². The predicted octanol–water partition coefficient (Wildman–Crippen LogP) is 1.08. The Morgan fingerprint density at radius 2 is 2.31 bits per heavy atom. The van der Waals surface area contributed by atoms with E-state index in [-0.39, 0.29) is 12.4 Å². The van der Waals surface area contributed by atoms with Crippen LogP contribution in [0.15, 0.2) is 18.3 Å². The third-order valence-electron chi connectivity index (χ3n) is 1.80. The lowest BCUT2D eigenvalue weighted by atomic mass is 10.1. The molecule has 1 unspecified atom stereocenters. The fourth-order valence-electron chi connectivity index (χ4n) is 1.08. The molecule has 0 radical (unpaired) electrons. The van der Waals surface area contributed by atoms with E-state index in [0.717, 1.165) is 0 Å². The molecule has 0 aromatic carbocycles. The average Bonchev–Trinajstić information content (AvgIpc) is 2.27. The van der Waals surface area contributed by atoms with Crippen LogP contribution in [0.3, 0.4) is 0 Å². The van der Waals surface area contributed by atoms with Crippen LogP contribution in [0.5, 0.6) is 0 Å². The molecule has 0 saturated carbocycles. The fourth-order valence-corrected chi connectivity index (χ4v) is 1.31. The largest absolute Gasteiger partial charge is 0.460 e. The zero-order chi connectivity index (χ0) is 12.1. The molecular formula is C10H11ClN2O3. The first kappa shape index (κ1) is 12.4. The predicted molar refractivity (Wildman–Crippen MR) is 58.9 cm³/mol. The number of esters is 1. The van der Waals surface area contributed by atoms with Gasteiger partial charge in [0.1, 0.15) is 11.2 Å². The van der Waals surface area contributed by atoms with E-state index in [9.17, 15) is 9.59 Å². The molecular weight excluding hydrogens is 232 g/mol. The number of nitrogens with zero attached hydrogens (tertiary/aromatic N) is 1. The lowest BCUT2D eigenvalue weighted by Gasteiger charge is -2.08. The Hall–Kier alpha value is -1.62. The van der Waals surface area contributed by atoms with Crippen molar-refractivity contribution >= 4 is 29.2 Å². The van der Waals surface area contributed by atoms with Crippen LogP contribution in [0.2, 0.25) is 0 Å². The molecule has 1 atom stereocenters. The first-order chi connectivity index (χ1) is 7.56. The van der Waals surface area contributed by atoms with E-state index < -0.39 is 17.1 Å². The monoisotopic (exact) mass is 242 g/mol. The minimum absolute atomic E-state index is 0.132. The topological polar surface area (TPSA) is 82.3 Å². The minimum Gasteiger partial charge on any atom is -0.460 e. The number of carbonyl (C=O) groups is 2. The van der Waals surface area contributed by atoms with Crippen molar-refractivity contribution in [2.75, 3.05) is 12.3 Å². The van der Waals surface area contributed by atoms with Crippen molar-refractivity contribution in [3.63, 3.8) is 0 Å². The number of alkyl halides is 1. The van der Waals surface area contributed by atoms with Gasteiger partial charge >= 0.3 is 5.97 Å². The molecule has 1 aromatic heterocycles. The summed E-state index contributed by atoms with van der Waals surface area (Å²) in [6, 6.07) is 2.96. The number of anilines is 1. The molecule has 0 bridgehead atoms. The van der Waals surface area contributed by atoms with Gasteiger partial charge in [-0.2, -0.15) is 0 Å². The molecule has 1 aromatic rings. The number of rotatable bonds is 4. The number of ketones is 1. The number of ether oxygens (including phenoxy) is 1. The van der Waals surface area contributed by atoms with Crippen molar-refractivity contribution in [3.05, 3.63) is 23.9 Å². The molecule has 16 heavy (non-hydrogen) atoms. The highest BCUT2D eigenvalue weighted by Crippen LogP contribution is 2.22. The summed E-state index contributed by atoms with van der Waals surface area (Å²) >= 11 is 5.83. The molecule has 0 aliphatic heterocycles. The fraction of sp³-hybridized carbons (Fsp3) is 0.300. The first-order valence-electron chi connectivity index (χ1n) is 4.62. The summed E-state index contributed by atoms with van der Waals surface area (Å²) < 4.78 is 4.56. The molecule has 6 heteroatoms.